The maximum absolute atomic E-state index is 12.7. The van der Waals surface area contributed by atoms with Gasteiger partial charge in [-0.25, -0.2) is 4.98 Å². The van der Waals surface area contributed by atoms with Crippen LogP contribution in [0.3, 0.4) is 0 Å². The van der Waals surface area contributed by atoms with E-state index in [1.54, 1.807) is 44.2 Å². The van der Waals surface area contributed by atoms with Crippen LogP contribution in [0.15, 0.2) is 63.9 Å². The standard InChI is InChI=1S/C24H22ClN3O5/c1-14-5-4-6-19(9-14)32-16(3)24(30)27-20-8-7-17(25)11-21(20)31-13-18-12-23(29)28-22(26-18)10-15(2)33-28/h4-12,16H,13H2,1-3H3,(H,27,30). The molecule has 4 aromatic rings. The van der Waals surface area contributed by atoms with Crippen molar-refractivity contribution in [2.24, 2.45) is 0 Å². The van der Waals surface area contributed by atoms with Gasteiger partial charge in [0.15, 0.2) is 11.8 Å². The number of nitrogens with zero attached hydrogens (tertiary/aromatic N) is 2. The second-order valence-electron chi connectivity index (χ2n) is 7.58. The number of hydrogen-bond donors (Lipinski definition) is 1. The summed E-state index contributed by atoms with van der Waals surface area (Å²) >= 11 is 6.13. The zero-order chi connectivity index (χ0) is 23.5. The van der Waals surface area contributed by atoms with Gasteiger partial charge in [-0.15, -0.1) is 4.57 Å². The SMILES string of the molecule is Cc1cccc(OC(C)C(=O)Nc2ccc(Cl)cc2OCc2cc(=O)n3oc(C)cc3n2)c1. The highest BCUT2D eigenvalue weighted by Crippen LogP contribution is 2.29. The van der Waals surface area contributed by atoms with Crippen molar-refractivity contribution in [1.82, 2.24) is 9.56 Å². The van der Waals surface area contributed by atoms with Gasteiger partial charge in [0.25, 0.3) is 11.5 Å². The maximum atomic E-state index is 12.7. The van der Waals surface area contributed by atoms with Gasteiger partial charge in [0.05, 0.1) is 11.4 Å². The fourth-order valence-corrected chi connectivity index (χ4v) is 3.36. The smallest absolute Gasteiger partial charge is 0.287 e. The van der Waals surface area contributed by atoms with Crippen LogP contribution in [-0.2, 0) is 11.4 Å². The number of halogens is 1. The number of ether oxygens (including phenoxy) is 2. The molecule has 2 aromatic carbocycles. The summed E-state index contributed by atoms with van der Waals surface area (Å²) in [6, 6.07) is 15.3. The van der Waals surface area contributed by atoms with Crippen LogP contribution in [-0.4, -0.2) is 21.6 Å². The van der Waals surface area contributed by atoms with Crippen molar-refractivity contribution in [3.63, 3.8) is 0 Å². The molecule has 2 aromatic heterocycles. The monoisotopic (exact) mass is 467 g/mol. The number of rotatable bonds is 7. The molecule has 0 aliphatic carbocycles. The van der Waals surface area contributed by atoms with E-state index in [0.717, 1.165) is 10.1 Å². The number of carbonyl (C=O) groups is 1. The van der Waals surface area contributed by atoms with Gasteiger partial charge in [-0.2, -0.15) is 0 Å². The van der Waals surface area contributed by atoms with Gasteiger partial charge in [-0.3, -0.25) is 9.59 Å². The molecule has 0 saturated heterocycles. The van der Waals surface area contributed by atoms with E-state index in [2.05, 4.69) is 10.3 Å². The molecule has 0 radical (unpaired) electrons. The minimum absolute atomic E-state index is 0.00543. The van der Waals surface area contributed by atoms with Gasteiger partial charge < -0.3 is 19.3 Å². The minimum Gasteiger partial charge on any atom is -0.485 e. The lowest BCUT2D eigenvalue weighted by molar-refractivity contribution is -0.122. The lowest BCUT2D eigenvalue weighted by Crippen LogP contribution is -2.30. The number of anilines is 1. The van der Waals surface area contributed by atoms with Crippen LogP contribution in [0.25, 0.3) is 5.65 Å². The van der Waals surface area contributed by atoms with Gasteiger partial charge in [-0.1, -0.05) is 23.7 Å². The Labute approximate surface area is 194 Å². The molecular formula is C24H22ClN3O5. The molecule has 1 unspecified atom stereocenters. The zero-order valence-corrected chi connectivity index (χ0v) is 19.1. The summed E-state index contributed by atoms with van der Waals surface area (Å²) < 4.78 is 18.0. The fourth-order valence-electron chi connectivity index (χ4n) is 3.20. The van der Waals surface area contributed by atoms with Gasteiger partial charge >= 0.3 is 0 Å². The molecule has 2 heterocycles. The number of nitrogens with one attached hydrogen (secondary N) is 1. The first-order valence-corrected chi connectivity index (χ1v) is 10.6. The molecule has 0 fully saturated rings. The molecule has 1 atom stereocenters. The van der Waals surface area contributed by atoms with Crippen molar-refractivity contribution < 1.29 is 18.8 Å². The molecule has 4 rings (SSSR count). The van der Waals surface area contributed by atoms with Crippen molar-refractivity contribution in [2.75, 3.05) is 5.32 Å². The zero-order valence-electron chi connectivity index (χ0n) is 18.3. The van der Waals surface area contributed by atoms with Crippen LogP contribution >= 0.6 is 11.6 Å². The fraction of sp³-hybridized carbons (Fsp3) is 0.208. The first-order valence-electron chi connectivity index (χ1n) is 10.2. The summed E-state index contributed by atoms with van der Waals surface area (Å²) in [4.78, 5) is 29.3. The van der Waals surface area contributed by atoms with E-state index in [-0.39, 0.29) is 18.1 Å². The molecule has 1 N–H and O–H groups in total. The van der Waals surface area contributed by atoms with Crippen molar-refractivity contribution in [3.8, 4) is 11.5 Å². The highest BCUT2D eigenvalue weighted by atomic mass is 35.5. The molecule has 0 aliphatic heterocycles. The summed E-state index contributed by atoms with van der Waals surface area (Å²) in [7, 11) is 0. The Morgan fingerprint density at radius 1 is 1.18 bits per heavy atom. The number of aryl methyl sites for hydroxylation is 2. The highest BCUT2D eigenvalue weighted by Gasteiger charge is 2.18. The van der Waals surface area contributed by atoms with E-state index in [9.17, 15) is 9.59 Å². The van der Waals surface area contributed by atoms with Crippen LogP contribution in [0.5, 0.6) is 11.5 Å². The van der Waals surface area contributed by atoms with Crippen molar-refractivity contribution in [2.45, 2.75) is 33.5 Å². The van der Waals surface area contributed by atoms with Crippen molar-refractivity contribution in [3.05, 3.63) is 87.0 Å². The van der Waals surface area contributed by atoms with E-state index in [1.807, 2.05) is 25.1 Å². The van der Waals surface area contributed by atoms with Gasteiger partial charge in [0.2, 0.25) is 0 Å². The first kappa shape index (κ1) is 22.4. The Morgan fingerprint density at radius 2 is 2.00 bits per heavy atom. The summed E-state index contributed by atoms with van der Waals surface area (Å²) in [6.07, 6.45) is -0.747. The van der Waals surface area contributed by atoms with Crippen LogP contribution < -0.4 is 20.3 Å². The molecule has 0 aliphatic rings. The summed E-state index contributed by atoms with van der Waals surface area (Å²) in [6.45, 7) is 5.33. The normalized spacial score (nSPS) is 11.9. The number of amides is 1. The predicted molar refractivity (Wildman–Crippen MR) is 124 cm³/mol. The average molecular weight is 468 g/mol. The predicted octanol–water partition coefficient (Wildman–Crippen LogP) is 4.54. The maximum Gasteiger partial charge on any atom is 0.287 e. The van der Waals surface area contributed by atoms with Crippen LogP contribution in [0, 0.1) is 13.8 Å². The largest absolute Gasteiger partial charge is 0.485 e. The molecule has 33 heavy (non-hydrogen) atoms. The van der Waals surface area contributed by atoms with Gasteiger partial charge in [0, 0.05) is 23.2 Å². The lowest BCUT2D eigenvalue weighted by Gasteiger charge is -2.17. The van der Waals surface area contributed by atoms with E-state index in [0.29, 0.717) is 39.3 Å². The molecule has 8 nitrogen and oxygen atoms in total. The second kappa shape index (κ2) is 9.38. The van der Waals surface area contributed by atoms with Gasteiger partial charge in [-0.05, 0) is 50.6 Å². The summed E-state index contributed by atoms with van der Waals surface area (Å²) in [5.74, 6) is 1.16. The molecular weight excluding hydrogens is 446 g/mol. The first-order chi connectivity index (χ1) is 15.8. The number of benzene rings is 2. The Hall–Kier alpha value is -3.78. The molecule has 9 heteroatoms. The van der Waals surface area contributed by atoms with Gasteiger partial charge in [0.1, 0.15) is 23.9 Å². The van der Waals surface area contributed by atoms with Crippen LogP contribution in [0.1, 0.15) is 23.9 Å². The molecule has 1 amide bonds. The molecule has 170 valence electrons. The number of fused-ring (bicyclic) bond motifs is 1. The number of hydrogen-bond acceptors (Lipinski definition) is 6. The molecule has 0 bridgehead atoms. The minimum atomic E-state index is -0.747. The van der Waals surface area contributed by atoms with E-state index < -0.39 is 6.10 Å². The Kier molecular flexibility index (Phi) is 6.37. The Bertz CT molecular complexity index is 1380. The summed E-state index contributed by atoms with van der Waals surface area (Å²) in [5.41, 5.74) is 1.90. The summed E-state index contributed by atoms with van der Waals surface area (Å²) in [5, 5.41) is 3.24. The van der Waals surface area contributed by atoms with E-state index in [1.165, 1.54) is 6.07 Å². The van der Waals surface area contributed by atoms with Crippen molar-refractivity contribution >= 4 is 28.8 Å². The topological polar surface area (TPSA) is 95.1 Å². The number of aromatic nitrogens is 2. The van der Waals surface area contributed by atoms with E-state index >= 15 is 0 Å². The quantitative estimate of drug-likeness (QED) is 0.428. The van der Waals surface area contributed by atoms with Crippen LogP contribution in [0.2, 0.25) is 5.02 Å². The third-order valence-electron chi connectivity index (χ3n) is 4.77. The lowest BCUT2D eigenvalue weighted by atomic mass is 10.2. The third kappa shape index (κ3) is 5.35. The molecule has 0 spiro atoms. The van der Waals surface area contributed by atoms with Crippen LogP contribution in [0.4, 0.5) is 5.69 Å². The highest BCUT2D eigenvalue weighted by molar-refractivity contribution is 6.30. The number of carbonyl (C=O) groups excluding carboxylic acids is 1. The Balaban J connectivity index is 1.48. The third-order valence-corrected chi connectivity index (χ3v) is 5.01. The van der Waals surface area contributed by atoms with Crippen molar-refractivity contribution in [1.29, 1.82) is 0 Å². The molecule has 0 saturated carbocycles. The van der Waals surface area contributed by atoms with E-state index in [4.69, 9.17) is 25.6 Å². The Morgan fingerprint density at radius 3 is 2.79 bits per heavy atom. The average Bonchev–Trinajstić information content (AvgIpc) is 3.14. The second-order valence-corrected chi connectivity index (χ2v) is 8.02.